The molecule has 0 N–H and O–H groups in total. The van der Waals surface area contributed by atoms with Crippen molar-refractivity contribution in [3.05, 3.63) is 29.6 Å². The van der Waals surface area contributed by atoms with Crippen molar-refractivity contribution in [2.45, 2.75) is 18.7 Å². The van der Waals surface area contributed by atoms with E-state index in [1.807, 2.05) is 25.1 Å². The predicted octanol–water partition coefficient (Wildman–Crippen LogP) is 2.19. The molecule has 13 heavy (non-hydrogen) atoms. The summed E-state index contributed by atoms with van der Waals surface area (Å²) < 4.78 is 4.95. The van der Waals surface area contributed by atoms with Gasteiger partial charge in [0.2, 0.25) is 0 Å². The van der Waals surface area contributed by atoms with Crippen molar-refractivity contribution in [3.63, 3.8) is 0 Å². The van der Waals surface area contributed by atoms with Crippen LogP contribution in [0, 0.1) is 6.92 Å². The van der Waals surface area contributed by atoms with Crippen LogP contribution < -0.4 is 0 Å². The summed E-state index contributed by atoms with van der Waals surface area (Å²) in [6, 6.07) is 5.95. The molecule has 0 aliphatic rings. The third kappa shape index (κ3) is 3.75. The van der Waals surface area contributed by atoms with Crippen LogP contribution in [-0.4, -0.2) is 24.1 Å². The zero-order valence-corrected chi connectivity index (χ0v) is 8.71. The minimum Gasteiger partial charge on any atom is -0.383 e. The molecule has 1 atom stereocenters. The van der Waals surface area contributed by atoms with Gasteiger partial charge in [0.05, 0.1) is 12.0 Å². The highest BCUT2D eigenvalue weighted by Gasteiger charge is 2.05. The van der Waals surface area contributed by atoms with Crippen molar-refractivity contribution >= 4 is 11.6 Å². The summed E-state index contributed by atoms with van der Waals surface area (Å²) >= 11 is 6.00. The Bertz CT molecular complexity index is 265. The van der Waals surface area contributed by atoms with Gasteiger partial charge in [0.15, 0.2) is 0 Å². The number of rotatable bonds is 4. The van der Waals surface area contributed by atoms with Crippen LogP contribution in [-0.2, 0) is 11.2 Å². The largest absolute Gasteiger partial charge is 0.383 e. The van der Waals surface area contributed by atoms with Gasteiger partial charge in [0.25, 0.3) is 0 Å². The highest BCUT2D eigenvalue weighted by Crippen LogP contribution is 2.06. The third-order valence-corrected chi connectivity index (χ3v) is 2.00. The lowest BCUT2D eigenvalue weighted by Gasteiger charge is -2.07. The molecule has 1 heterocycles. The van der Waals surface area contributed by atoms with Gasteiger partial charge in [-0.1, -0.05) is 6.07 Å². The van der Waals surface area contributed by atoms with E-state index >= 15 is 0 Å². The Hall–Kier alpha value is -0.600. The van der Waals surface area contributed by atoms with Crippen molar-refractivity contribution in [2.75, 3.05) is 13.7 Å². The second-order valence-corrected chi connectivity index (χ2v) is 3.64. The average Bonchev–Trinajstić information content (AvgIpc) is 2.04. The maximum Gasteiger partial charge on any atom is 0.0630 e. The molecule has 0 aliphatic heterocycles. The lowest BCUT2D eigenvalue weighted by molar-refractivity contribution is 0.197. The highest BCUT2D eigenvalue weighted by molar-refractivity contribution is 6.20. The monoisotopic (exact) mass is 199 g/mol. The fourth-order valence-electron chi connectivity index (χ4n) is 1.18. The first-order chi connectivity index (χ1) is 6.22. The summed E-state index contributed by atoms with van der Waals surface area (Å²) in [5.41, 5.74) is 2.05. The first-order valence-corrected chi connectivity index (χ1v) is 4.71. The summed E-state index contributed by atoms with van der Waals surface area (Å²) in [5, 5.41) is 0.0132. The minimum absolute atomic E-state index is 0.0132. The molecule has 0 saturated carbocycles. The lowest BCUT2D eigenvalue weighted by atomic mass is 10.2. The van der Waals surface area contributed by atoms with E-state index < -0.39 is 0 Å². The summed E-state index contributed by atoms with van der Waals surface area (Å²) in [6.07, 6.45) is 0.761. The molecule has 0 fully saturated rings. The molecule has 0 aromatic carbocycles. The molecular formula is C10H14ClNO. The van der Waals surface area contributed by atoms with E-state index in [0.29, 0.717) is 6.61 Å². The van der Waals surface area contributed by atoms with Crippen molar-refractivity contribution in [3.8, 4) is 0 Å². The Morgan fingerprint density at radius 1 is 1.54 bits per heavy atom. The SMILES string of the molecule is COCC(Cl)Cc1cccc(C)n1. The molecule has 1 unspecified atom stereocenters. The van der Waals surface area contributed by atoms with E-state index in [-0.39, 0.29) is 5.38 Å². The van der Waals surface area contributed by atoms with Gasteiger partial charge in [-0.3, -0.25) is 4.98 Å². The molecule has 0 saturated heterocycles. The second kappa shape index (κ2) is 5.20. The Labute approximate surface area is 83.9 Å². The van der Waals surface area contributed by atoms with Gasteiger partial charge < -0.3 is 4.74 Å². The standard InChI is InChI=1S/C10H14ClNO/c1-8-4-3-5-10(12-8)6-9(11)7-13-2/h3-5,9H,6-7H2,1-2H3. The average molecular weight is 200 g/mol. The number of aryl methyl sites for hydroxylation is 1. The fraction of sp³-hybridized carbons (Fsp3) is 0.500. The van der Waals surface area contributed by atoms with Crippen LogP contribution in [0.5, 0.6) is 0 Å². The Morgan fingerprint density at radius 3 is 2.92 bits per heavy atom. The van der Waals surface area contributed by atoms with Gasteiger partial charge in [0, 0.05) is 24.9 Å². The Balaban J connectivity index is 2.53. The van der Waals surface area contributed by atoms with Gasteiger partial charge >= 0.3 is 0 Å². The molecule has 1 rings (SSSR count). The van der Waals surface area contributed by atoms with Gasteiger partial charge in [0.1, 0.15) is 0 Å². The molecule has 2 nitrogen and oxygen atoms in total. The number of alkyl halides is 1. The summed E-state index contributed by atoms with van der Waals surface area (Å²) in [6.45, 7) is 2.54. The fourth-order valence-corrected chi connectivity index (χ4v) is 1.46. The number of hydrogen-bond donors (Lipinski definition) is 0. The molecule has 0 bridgehead atoms. The van der Waals surface area contributed by atoms with Crippen LogP contribution >= 0.6 is 11.6 Å². The predicted molar refractivity (Wildman–Crippen MR) is 54.2 cm³/mol. The zero-order valence-electron chi connectivity index (χ0n) is 7.96. The number of pyridine rings is 1. The van der Waals surface area contributed by atoms with Gasteiger partial charge in [-0.2, -0.15) is 0 Å². The molecule has 0 amide bonds. The zero-order chi connectivity index (χ0) is 9.68. The molecule has 0 radical (unpaired) electrons. The second-order valence-electron chi connectivity index (χ2n) is 3.03. The van der Waals surface area contributed by atoms with Gasteiger partial charge in [-0.25, -0.2) is 0 Å². The van der Waals surface area contributed by atoms with Crippen molar-refractivity contribution in [2.24, 2.45) is 0 Å². The van der Waals surface area contributed by atoms with E-state index in [2.05, 4.69) is 4.98 Å². The molecule has 0 aliphatic carbocycles. The van der Waals surface area contributed by atoms with Crippen LogP contribution in [0.4, 0.5) is 0 Å². The summed E-state index contributed by atoms with van der Waals surface area (Å²) in [5.74, 6) is 0. The third-order valence-electron chi connectivity index (χ3n) is 1.72. The topological polar surface area (TPSA) is 22.1 Å². The van der Waals surface area contributed by atoms with Crippen LogP contribution in [0.15, 0.2) is 18.2 Å². The Morgan fingerprint density at radius 2 is 2.31 bits per heavy atom. The number of aromatic nitrogens is 1. The van der Waals surface area contributed by atoms with E-state index in [4.69, 9.17) is 16.3 Å². The van der Waals surface area contributed by atoms with Crippen LogP contribution in [0.2, 0.25) is 0 Å². The quantitative estimate of drug-likeness (QED) is 0.694. The molecule has 0 spiro atoms. The maximum absolute atomic E-state index is 6.00. The van der Waals surface area contributed by atoms with E-state index in [0.717, 1.165) is 17.8 Å². The minimum atomic E-state index is 0.0132. The van der Waals surface area contributed by atoms with Crippen LogP contribution in [0.3, 0.4) is 0 Å². The van der Waals surface area contributed by atoms with Crippen molar-refractivity contribution < 1.29 is 4.74 Å². The van der Waals surface area contributed by atoms with Crippen molar-refractivity contribution in [1.82, 2.24) is 4.98 Å². The van der Waals surface area contributed by atoms with Crippen LogP contribution in [0.1, 0.15) is 11.4 Å². The smallest absolute Gasteiger partial charge is 0.0630 e. The van der Waals surface area contributed by atoms with E-state index in [1.54, 1.807) is 7.11 Å². The lowest BCUT2D eigenvalue weighted by Crippen LogP contribution is -2.11. The first-order valence-electron chi connectivity index (χ1n) is 4.28. The Kier molecular flexibility index (Phi) is 4.19. The molecule has 72 valence electrons. The van der Waals surface area contributed by atoms with Gasteiger partial charge in [-0.15, -0.1) is 11.6 Å². The van der Waals surface area contributed by atoms with Gasteiger partial charge in [-0.05, 0) is 19.1 Å². The number of ether oxygens (including phenoxy) is 1. The van der Waals surface area contributed by atoms with Crippen molar-refractivity contribution in [1.29, 1.82) is 0 Å². The normalized spacial score (nSPS) is 12.8. The molecular weight excluding hydrogens is 186 g/mol. The van der Waals surface area contributed by atoms with E-state index in [1.165, 1.54) is 0 Å². The molecule has 1 aromatic heterocycles. The van der Waals surface area contributed by atoms with Crippen LogP contribution in [0.25, 0.3) is 0 Å². The number of methoxy groups -OCH3 is 1. The number of hydrogen-bond acceptors (Lipinski definition) is 2. The van der Waals surface area contributed by atoms with E-state index in [9.17, 15) is 0 Å². The molecule has 1 aromatic rings. The number of nitrogens with zero attached hydrogens (tertiary/aromatic N) is 1. The summed E-state index contributed by atoms with van der Waals surface area (Å²) in [4.78, 5) is 4.36. The molecule has 3 heteroatoms. The first kappa shape index (κ1) is 10.5. The highest BCUT2D eigenvalue weighted by atomic mass is 35.5. The maximum atomic E-state index is 6.00. The summed E-state index contributed by atoms with van der Waals surface area (Å²) in [7, 11) is 1.65. The number of halogens is 1.